The van der Waals surface area contributed by atoms with E-state index in [4.69, 9.17) is 9.76 Å². The first-order valence-corrected chi connectivity index (χ1v) is 4.89. The van der Waals surface area contributed by atoms with E-state index in [2.05, 4.69) is 0 Å². The van der Waals surface area contributed by atoms with E-state index in [9.17, 15) is 18.0 Å². The fourth-order valence-corrected chi connectivity index (χ4v) is 1.89. The van der Waals surface area contributed by atoms with Crippen molar-refractivity contribution in [2.75, 3.05) is 0 Å². The van der Waals surface area contributed by atoms with Crippen molar-refractivity contribution in [3.63, 3.8) is 0 Å². The van der Waals surface area contributed by atoms with E-state index in [1.807, 2.05) is 0 Å². The quantitative estimate of drug-likeness (QED) is 0.765. The van der Waals surface area contributed by atoms with Crippen LogP contribution in [-0.2, 0) is 17.4 Å². The molecule has 0 spiro atoms. The van der Waals surface area contributed by atoms with Gasteiger partial charge in [-0.3, -0.25) is 0 Å². The zero-order chi connectivity index (χ0) is 12.8. The lowest BCUT2D eigenvalue weighted by atomic mass is 9.63. The Morgan fingerprint density at radius 2 is 2.12 bits per heavy atom. The number of aromatic carboxylic acids is 1. The summed E-state index contributed by atoms with van der Waals surface area (Å²) in [6.07, 6.45) is -4.57. The van der Waals surface area contributed by atoms with Crippen LogP contribution in [0.1, 0.15) is 21.5 Å². The Bertz CT molecular complexity index is 484. The normalized spacial score (nSPS) is 14.9. The monoisotopic (exact) mass is 244 g/mol. The lowest BCUT2D eigenvalue weighted by Crippen LogP contribution is -2.27. The van der Waals surface area contributed by atoms with Gasteiger partial charge in [0.2, 0.25) is 0 Å². The van der Waals surface area contributed by atoms with Crippen molar-refractivity contribution in [3.05, 3.63) is 28.8 Å². The molecule has 1 N–H and O–H groups in total. The van der Waals surface area contributed by atoms with Gasteiger partial charge >= 0.3 is 19.1 Å². The first kappa shape index (κ1) is 12.0. The van der Waals surface area contributed by atoms with Crippen LogP contribution in [0.3, 0.4) is 0 Å². The third kappa shape index (κ3) is 2.02. The second-order valence-corrected chi connectivity index (χ2v) is 3.85. The van der Waals surface area contributed by atoms with Gasteiger partial charge in [-0.25, -0.2) is 4.79 Å². The fourth-order valence-electron chi connectivity index (χ4n) is 1.89. The number of benzene rings is 1. The number of alkyl halides is 3. The van der Waals surface area contributed by atoms with Crippen molar-refractivity contribution in [1.82, 2.24) is 0 Å². The van der Waals surface area contributed by atoms with E-state index in [1.54, 1.807) is 6.82 Å². The van der Waals surface area contributed by atoms with Gasteiger partial charge in [-0.1, -0.05) is 12.9 Å². The number of fused-ring (bicyclic) bond motifs is 1. The van der Waals surface area contributed by atoms with Gasteiger partial charge in [0.1, 0.15) is 0 Å². The van der Waals surface area contributed by atoms with Crippen molar-refractivity contribution < 1.29 is 27.7 Å². The smallest absolute Gasteiger partial charge is 0.416 e. The molecule has 0 saturated heterocycles. The molecular weight excluding hydrogens is 236 g/mol. The Balaban J connectivity index is 2.67. The highest BCUT2D eigenvalue weighted by Gasteiger charge is 2.39. The van der Waals surface area contributed by atoms with Crippen LogP contribution >= 0.6 is 0 Å². The molecule has 7 heteroatoms. The molecule has 0 unspecified atom stereocenters. The number of halogens is 3. The molecule has 0 fully saturated rings. The Morgan fingerprint density at radius 3 is 2.65 bits per heavy atom. The molecule has 1 heterocycles. The SMILES string of the molecule is CB1OCc2c1cc(C(=O)O)cc2C(F)(F)F. The summed E-state index contributed by atoms with van der Waals surface area (Å²) in [4.78, 5) is 10.8. The summed E-state index contributed by atoms with van der Waals surface area (Å²) >= 11 is 0. The molecule has 0 atom stereocenters. The van der Waals surface area contributed by atoms with E-state index in [0.717, 1.165) is 0 Å². The number of carbonyl (C=O) groups is 1. The molecule has 0 aliphatic carbocycles. The van der Waals surface area contributed by atoms with Crippen LogP contribution in [0.2, 0.25) is 6.82 Å². The van der Waals surface area contributed by atoms with E-state index >= 15 is 0 Å². The van der Waals surface area contributed by atoms with Gasteiger partial charge in [0.25, 0.3) is 0 Å². The summed E-state index contributed by atoms with van der Waals surface area (Å²) in [5, 5.41) is 8.78. The minimum absolute atomic E-state index is 0.0370. The maximum atomic E-state index is 12.8. The maximum Gasteiger partial charge on any atom is 0.416 e. The van der Waals surface area contributed by atoms with Crippen LogP contribution in [0.25, 0.3) is 0 Å². The van der Waals surface area contributed by atoms with Gasteiger partial charge in [-0.2, -0.15) is 13.2 Å². The molecule has 0 bridgehead atoms. The molecule has 0 radical (unpaired) electrons. The van der Waals surface area contributed by atoms with Gasteiger partial charge in [-0.05, 0) is 17.1 Å². The number of carboxylic acid groups (broad SMARTS) is 1. The predicted molar refractivity (Wildman–Crippen MR) is 54.4 cm³/mol. The summed E-state index contributed by atoms with van der Waals surface area (Å²) in [7, 11) is 0. The largest absolute Gasteiger partial charge is 0.478 e. The lowest BCUT2D eigenvalue weighted by molar-refractivity contribution is -0.138. The maximum absolute atomic E-state index is 12.8. The Hall–Kier alpha value is -1.50. The predicted octanol–water partition coefficient (Wildman–Crippen LogP) is 1.76. The van der Waals surface area contributed by atoms with E-state index in [0.29, 0.717) is 11.5 Å². The average molecular weight is 244 g/mol. The molecule has 1 aliphatic rings. The van der Waals surface area contributed by atoms with Gasteiger partial charge in [0, 0.05) is 0 Å². The molecule has 3 nitrogen and oxygen atoms in total. The Labute approximate surface area is 95.3 Å². The van der Waals surface area contributed by atoms with Gasteiger partial charge in [0.15, 0.2) is 0 Å². The fraction of sp³-hybridized carbons (Fsp3) is 0.300. The number of carboxylic acids is 1. The van der Waals surface area contributed by atoms with E-state index in [-0.39, 0.29) is 17.7 Å². The number of hydrogen-bond acceptors (Lipinski definition) is 2. The van der Waals surface area contributed by atoms with Crippen molar-refractivity contribution in [2.24, 2.45) is 0 Å². The average Bonchev–Trinajstić information content (AvgIpc) is 2.58. The highest BCUT2D eigenvalue weighted by molar-refractivity contribution is 6.67. The topological polar surface area (TPSA) is 46.5 Å². The molecule has 90 valence electrons. The molecule has 1 aliphatic heterocycles. The summed E-state index contributed by atoms with van der Waals surface area (Å²) in [5.41, 5.74) is -0.947. The highest BCUT2D eigenvalue weighted by atomic mass is 19.4. The van der Waals surface area contributed by atoms with Crippen LogP contribution in [0.5, 0.6) is 0 Å². The standard InChI is InChI=1S/C10H8BF3O3/c1-11-8-3-5(9(15)16)2-7(10(12,13)14)6(8)4-17-11/h2-3H,4H2,1H3,(H,15,16). The zero-order valence-electron chi connectivity index (χ0n) is 8.84. The van der Waals surface area contributed by atoms with Gasteiger partial charge in [0.05, 0.1) is 17.7 Å². The summed E-state index contributed by atoms with van der Waals surface area (Å²) in [5.74, 6) is -1.38. The van der Waals surface area contributed by atoms with E-state index in [1.165, 1.54) is 6.07 Å². The first-order valence-electron chi connectivity index (χ1n) is 4.89. The van der Waals surface area contributed by atoms with Crippen LogP contribution in [0.4, 0.5) is 13.2 Å². The minimum Gasteiger partial charge on any atom is -0.478 e. The summed E-state index contributed by atoms with van der Waals surface area (Å²) in [6.45, 7) is 0.952. The zero-order valence-corrected chi connectivity index (χ0v) is 8.84. The third-order valence-corrected chi connectivity index (χ3v) is 2.75. The molecule has 0 amide bonds. The highest BCUT2D eigenvalue weighted by Crippen LogP contribution is 2.34. The Kier molecular flexibility index (Phi) is 2.65. The van der Waals surface area contributed by atoms with Crippen LogP contribution < -0.4 is 5.46 Å². The van der Waals surface area contributed by atoms with Crippen molar-refractivity contribution >= 4 is 18.3 Å². The second-order valence-electron chi connectivity index (χ2n) is 3.85. The van der Waals surface area contributed by atoms with Gasteiger partial charge < -0.3 is 9.76 Å². The molecule has 2 rings (SSSR count). The van der Waals surface area contributed by atoms with Crippen LogP contribution in [0.15, 0.2) is 12.1 Å². The third-order valence-electron chi connectivity index (χ3n) is 2.75. The minimum atomic E-state index is -4.57. The van der Waals surface area contributed by atoms with Gasteiger partial charge in [-0.15, -0.1) is 0 Å². The number of rotatable bonds is 1. The van der Waals surface area contributed by atoms with Crippen LogP contribution in [-0.4, -0.2) is 18.0 Å². The molecule has 0 saturated carbocycles. The van der Waals surface area contributed by atoms with Crippen LogP contribution in [0, 0.1) is 0 Å². The summed E-state index contributed by atoms with van der Waals surface area (Å²) in [6, 6.07) is 1.90. The summed E-state index contributed by atoms with van der Waals surface area (Å²) < 4.78 is 43.4. The molecule has 0 aromatic heterocycles. The molecular formula is C10H8BF3O3. The molecule has 1 aromatic carbocycles. The second kappa shape index (κ2) is 3.77. The van der Waals surface area contributed by atoms with Crippen molar-refractivity contribution in [1.29, 1.82) is 0 Å². The van der Waals surface area contributed by atoms with Crippen molar-refractivity contribution in [3.8, 4) is 0 Å². The first-order chi connectivity index (χ1) is 7.80. The lowest BCUT2D eigenvalue weighted by Gasteiger charge is -2.12. The number of hydrogen-bond donors (Lipinski definition) is 1. The Morgan fingerprint density at radius 1 is 1.47 bits per heavy atom. The van der Waals surface area contributed by atoms with E-state index < -0.39 is 24.6 Å². The molecule has 1 aromatic rings. The molecule has 17 heavy (non-hydrogen) atoms. The van der Waals surface area contributed by atoms with Crippen molar-refractivity contribution in [2.45, 2.75) is 19.6 Å².